The fourth-order valence-corrected chi connectivity index (χ4v) is 7.16. The Bertz CT molecular complexity index is 939. The van der Waals surface area contributed by atoms with E-state index in [1.54, 1.807) is 33.5 Å². The van der Waals surface area contributed by atoms with Crippen molar-refractivity contribution < 1.29 is 22.7 Å². The predicted molar refractivity (Wildman–Crippen MR) is 115 cm³/mol. The number of nitrogens with zero attached hydrogens (tertiary/aromatic N) is 2. The van der Waals surface area contributed by atoms with E-state index in [1.807, 2.05) is 6.92 Å². The zero-order valence-corrected chi connectivity index (χ0v) is 19.3. The van der Waals surface area contributed by atoms with E-state index in [0.717, 1.165) is 25.7 Å². The fraction of sp³-hybridized carbons (Fsp3) is 0.682. The SMILES string of the molecule is C[C@H]1OC[C@H](C2(OC(=O)N3CCCC3)CC2)N(S(=O)(=O)c2ccc(Cl)cc2)[C@@H]1C1CC1. The molecular weight excluding hydrogens is 440 g/mol. The molecule has 0 radical (unpaired) electrons. The Morgan fingerprint density at radius 1 is 1.16 bits per heavy atom. The minimum atomic E-state index is -3.82. The van der Waals surface area contributed by atoms with Crippen LogP contribution in [0.2, 0.25) is 5.02 Å². The van der Waals surface area contributed by atoms with Crippen LogP contribution >= 0.6 is 11.6 Å². The van der Waals surface area contributed by atoms with Gasteiger partial charge in [0.25, 0.3) is 0 Å². The van der Waals surface area contributed by atoms with Gasteiger partial charge in [-0.2, -0.15) is 4.31 Å². The summed E-state index contributed by atoms with van der Waals surface area (Å²) in [7, 11) is -3.82. The molecule has 0 spiro atoms. The van der Waals surface area contributed by atoms with Crippen LogP contribution in [0, 0.1) is 5.92 Å². The Balaban J connectivity index is 1.49. The van der Waals surface area contributed by atoms with Gasteiger partial charge < -0.3 is 14.4 Å². The molecular formula is C22H29ClN2O5S. The lowest BCUT2D eigenvalue weighted by molar-refractivity contribution is -0.108. The van der Waals surface area contributed by atoms with E-state index in [9.17, 15) is 13.2 Å². The average Bonchev–Trinajstić information content (AvgIpc) is 3.67. The van der Waals surface area contributed by atoms with Crippen LogP contribution in [0.5, 0.6) is 0 Å². The van der Waals surface area contributed by atoms with Crippen molar-refractivity contribution in [2.24, 2.45) is 5.92 Å². The van der Waals surface area contributed by atoms with Crippen LogP contribution in [-0.2, 0) is 19.5 Å². The smallest absolute Gasteiger partial charge is 0.410 e. The lowest BCUT2D eigenvalue weighted by Gasteiger charge is -2.47. The third kappa shape index (κ3) is 3.96. The standard InChI is InChI=1S/C22H29ClN2O5S/c1-15-20(16-4-5-16)25(31(27,28)18-8-6-17(23)7-9-18)19(14-29-15)22(10-11-22)30-21(26)24-12-2-3-13-24/h6-9,15-16,19-20H,2-5,10-14H2,1H3/t15-,19-,20+/m1/s1. The summed E-state index contributed by atoms with van der Waals surface area (Å²) in [5.74, 6) is 0.268. The van der Waals surface area contributed by atoms with Crippen LogP contribution < -0.4 is 0 Å². The van der Waals surface area contributed by atoms with Gasteiger partial charge in [0.2, 0.25) is 10.0 Å². The number of ether oxygens (including phenoxy) is 2. The number of benzene rings is 1. The maximum atomic E-state index is 13.9. The van der Waals surface area contributed by atoms with Gasteiger partial charge in [0.05, 0.1) is 29.7 Å². The number of halogens is 1. The second-order valence-electron chi connectivity index (χ2n) is 9.30. The summed E-state index contributed by atoms with van der Waals surface area (Å²) in [5.41, 5.74) is -0.813. The summed E-state index contributed by atoms with van der Waals surface area (Å²) in [4.78, 5) is 14.7. The topological polar surface area (TPSA) is 76.2 Å². The minimum absolute atomic E-state index is 0.211. The van der Waals surface area contributed by atoms with E-state index in [1.165, 1.54) is 0 Å². The molecule has 4 fully saturated rings. The molecule has 31 heavy (non-hydrogen) atoms. The van der Waals surface area contributed by atoms with Crippen molar-refractivity contribution in [2.45, 2.75) is 74.1 Å². The number of amides is 1. The molecule has 2 aliphatic carbocycles. The van der Waals surface area contributed by atoms with Gasteiger partial charge in [-0.15, -0.1) is 0 Å². The second kappa shape index (κ2) is 7.90. The van der Waals surface area contributed by atoms with Crippen molar-refractivity contribution in [1.29, 1.82) is 0 Å². The van der Waals surface area contributed by atoms with Crippen LogP contribution in [0.25, 0.3) is 0 Å². The Morgan fingerprint density at radius 2 is 1.81 bits per heavy atom. The predicted octanol–water partition coefficient (Wildman–Crippen LogP) is 3.66. The van der Waals surface area contributed by atoms with E-state index in [0.29, 0.717) is 31.0 Å². The van der Waals surface area contributed by atoms with Crippen molar-refractivity contribution in [3.05, 3.63) is 29.3 Å². The molecule has 4 aliphatic rings. The third-order valence-corrected chi connectivity index (χ3v) is 9.27. The molecule has 0 unspecified atom stereocenters. The maximum Gasteiger partial charge on any atom is 0.410 e. The zero-order valence-electron chi connectivity index (χ0n) is 17.7. The maximum absolute atomic E-state index is 13.9. The van der Waals surface area contributed by atoms with Gasteiger partial charge in [-0.05, 0) is 75.6 Å². The lowest BCUT2D eigenvalue weighted by atomic mass is 9.99. The highest BCUT2D eigenvalue weighted by Crippen LogP contribution is 2.51. The number of sulfonamides is 1. The number of carbonyl (C=O) groups is 1. The first-order valence-corrected chi connectivity index (χ1v) is 13.0. The first-order valence-electron chi connectivity index (χ1n) is 11.2. The number of morpholine rings is 1. The molecule has 0 N–H and O–H groups in total. The third-order valence-electron chi connectivity index (χ3n) is 7.10. The quantitative estimate of drug-likeness (QED) is 0.659. The van der Waals surface area contributed by atoms with E-state index in [2.05, 4.69) is 0 Å². The molecule has 2 saturated heterocycles. The summed E-state index contributed by atoms with van der Waals surface area (Å²) in [6.45, 7) is 3.57. The first-order chi connectivity index (χ1) is 14.8. The summed E-state index contributed by atoms with van der Waals surface area (Å²) < 4.78 is 41.5. The minimum Gasteiger partial charge on any atom is -0.441 e. The van der Waals surface area contributed by atoms with Crippen molar-refractivity contribution in [3.63, 3.8) is 0 Å². The fourth-order valence-electron chi connectivity index (χ4n) is 5.06. The van der Waals surface area contributed by atoms with Gasteiger partial charge in [-0.3, -0.25) is 0 Å². The van der Waals surface area contributed by atoms with Crippen LogP contribution in [0.1, 0.15) is 45.4 Å². The summed E-state index contributed by atoms with van der Waals surface area (Å²) in [6.07, 6.45) is 4.69. The Hall–Kier alpha value is -1.35. The van der Waals surface area contributed by atoms with E-state index in [-0.39, 0.29) is 35.7 Å². The van der Waals surface area contributed by atoms with E-state index < -0.39 is 21.7 Å². The molecule has 9 heteroatoms. The molecule has 1 amide bonds. The molecule has 2 saturated carbocycles. The monoisotopic (exact) mass is 468 g/mol. The van der Waals surface area contributed by atoms with Crippen LogP contribution in [-0.4, -0.2) is 67.2 Å². The molecule has 7 nitrogen and oxygen atoms in total. The zero-order chi connectivity index (χ0) is 21.8. The molecule has 2 aliphatic heterocycles. The van der Waals surface area contributed by atoms with E-state index in [4.69, 9.17) is 21.1 Å². The molecule has 0 bridgehead atoms. The summed E-state index contributed by atoms with van der Waals surface area (Å²) >= 11 is 6.00. The van der Waals surface area contributed by atoms with Gasteiger partial charge in [0.1, 0.15) is 5.60 Å². The van der Waals surface area contributed by atoms with Crippen LogP contribution in [0.15, 0.2) is 29.2 Å². The molecule has 3 atom stereocenters. The molecule has 1 aromatic carbocycles. The van der Waals surface area contributed by atoms with Gasteiger partial charge in [0.15, 0.2) is 0 Å². The number of hydrogen-bond donors (Lipinski definition) is 0. The van der Waals surface area contributed by atoms with Crippen molar-refractivity contribution in [3.8, 4) is 0 Å². The highest BCUT2D eigenvalue weighted by atomic mass is 35.5. The van der Waals surface area contributed by atoms with Crippen LogP contribution in [0.4, 0.5) is 4.79 Å². The number of likely N-dealkylation sites (tertiary alicyclic amines) is 1. The summed E-state index contributed by atoms with van der Waals surface area (Å²) in [6, 6.07) is 5.51. The summed E-state index contributed by atoms with van der Waals surface area (Å²) in [5, 5.41) is 0.489. The first kappa shape index (κ1) is 21.5. The average molecular weight is 469 g/mol. The Labute approximate surface area is 188 Å². The van der Waals surface area contributed by atoms with Gasteiger partial charge in [-0.1, -0.05) is 11.6 Å². The Kier molecular flexibility index (Phi) is 5.48. The Morgan fingerprint density at radius 3 is 2.39 bits per heavy atom. The molecule has 0 aromatic heterocycles. The highest BCUT2D eigenvalue weighted by molar-refractivity contribution is 7.89. The lowest BCUT2D eigenvalue weighted by Crippen LogP contribution is -2.64. The van der Waals surface area contributed by atoms with Crippen molar-refractivity contribution in [2.75, 3.05) is 19.7 Å². The number of hydrogen-bond acceptors (Lipinski definition) is 5. The van der Waals surface area contributed by atoms with Crippen LogP contribution in [0.3, 0.4) is 0 Å². The second-order valence-corrected chi connectivity index (χ2v) is 11.6. The highest BCUT2D eigenvalue weighted by Gasteiger charge is 2.63. The van der Waals surface area contributed by atoms with Gasteiger partial charge in [0, 0.05) is 18.1 Å². The van der Waals surface area contributed by atoms with Crippen molar-refractivity contribution in [1.82, 2.24) is 9.21 Å². The molecule has 2 heterocycles. The number of rotatable bonds is 5. The molecule has 5 rings (SSSR count). The largest absolute Gasteiger partial charge is 0.441 e. The molecule has 1 aromatic rings. The van der Waals surface area contributed by atoms with Gasteiger partial charge in [-0.25, -0.2) is 13.2 Å². The van der Waals surface area contributed by atoms with E-state index >= 15 is 0 Å². The normalized spacial score (nSPS) is 30.9. The van der Waals surface area contributed by atoms with Crippen molar-refractivity contribution >= 4 is 27.7 Å². The number of carbonyl (C=O) groups excluding carboxylic acids is 1. The van der Waals surface area contributed by atoms with Gasteiger partial charge >= 0.3 is 6.09 Å². The molecule has 170 valence electrons.